The fourth-order valence-corrected chi connectivity index (χ4v) is 0.924. The number of nitrogens with zero attached hydrogens (tertiary/aromatic N) is 1. The Morgan fingerprint density at radius 3 is 2.00 bits per heavy atom. The number of benzene rings is 1. The van der Waals surface area contributed by atoms with Crippen LogP contribution in [-0.4, -0.2) is 19.0 Å². The van der Waals surface area contributed by atoms with Crippen molar-refractivity contribution < 1.29 is 31.2 Å². The van der Waals surface area contributed by atoms with Gasteiger partial charge in [0.1, 0.15) is 6.21 Å². The van der Waals surface area contributed by atoms with Crippen molar-refractivity contribution in [3.63, 3.8) is 0 Å². The minimum absolute atomic E-state index is 0.0742. The van der Waals surface area contributed by atoms with Gasteiger partial charge in [-0.1, -0.05) is 17.3 Å². The van der Waals surface area contributed by atoms with Crippen molar-refractivity contribution in [3.05, 3.63) is 35.4 Å². The summed E-state index contributed by atoms with van der Waals surface area (Å²) >= 11 is 0. The van der Waals surface area contributed by atoms with Crippen LogP contribution < -0.4 is 0 Å². The van der Waals surface area contributed by atoms with E-state index >= 15 is 0 Å². The Morgan fingerprint density at radius 2 is 1.56 bits per heavy atom. The Balaban J connectivity index is 2.57. The molecule has 0 N–H and O–H groups in total. The van der Waals surface area contributed by atoms with E-state index in [0.29, 0.717) is 0 Å². The first kappa shape index (κ1) is 14.3. The molecule has 0 atom stereocenters. The molecule has 99 valence electrons. The second-order valence-corrected chi connectivity index (χ2v) is 3.17. The first-order valence-corrected chi connectivity index (χ1v) is 4.50. The number of alkyl halides is 6. The lowest BCUT2D eigenvalue weighted by Crippen LogP contribution is -2.14. The fraction of sp³-hybridized carbons (Fsp3) is 0.300. The second kappa shape index (κ2) is 5.28. The monoisotopic (exact) mass is 270 g/mol. The second-order valence-electron chi connectivity index (χ2n) is 3.17. The van der Waals surface area contributed by atoms with Crippen LogP contribution >= 0.6 is 0 Å². The molecule has 1 radical (unpaired) electrons. The van der Waals surface area contributed by atoms with Gasteiger partial charge >= 0.3 is 12.4 Å². The van der Waals surface area contributed by atoms with Crippen LogP contribution in [-0.2, 0) is 11.0 Å². The SMILES string of the molecule is FC(F)(F)CO/N=[C]\c1ccc(C(F)(F)F)cc1. The Bertz CT molecular complexity index is 406. The lowest BCUT2D eigenvalue weighted by Gasteiger charge is -2.05. The van der Waals surface area contributed by atoms with E-state index in [1.54, 1.807) is 0 Å². The molecular formula is C10H6F6NO. The number of rotatable bonds is 3. The highest BCUT2D eigenvalue weighted by molar-refractivity contribution is 5.79. The number of halogens is 6. The van der Waals surface area contributed by atoms with Crippen molar-refractivity contribution in [2.24, 2.45) is 5.16 Å². The highest BCUT2D eigenvalue weighted by Crippen LogP contribution is 2.28. The van der Waals surface area contributed by atoms with E-state index in [-0.39, 0.29) is 5.56 Å². The minimum atomic E-state index is -4.52. The molecule has 0 aliphatic carbocycles. The maximum Gasteiger partial charge on any atom is 0.425 e. The molecule has 0 heterocycles. The van der Waals surface area contributed by atoms with Crippen LogP contribution in [0.25, 0.3) is 0 Å². The summed E-state index contributed by atoms with van der Waals surface area (Å²) < 4.78 is 71.4. The summed E-state index contributed by atoms with van der Waals surface area (Å²) in [5.74, 6) is 0. The van der Waals surface area contributed by atoms with Gasteiger partial charge in [-0.05, 0) is 12.1 Å². The first-order chi connectivity index (χ1) is 8.18. The zero-order valence-corrected chi connectivity index (χ0v) is 8.64. The van der Waals surface area contributed by atoms with Gasteiger partial charge in [0.25, 0.3) is 0 Å². The summed E-state index contributed by atoms with van der Waals surface area (Å²) in [4.78, 5) is 3.87. The molecule has 1 rings (SSSR count). The average molecular weight is 270 g/mol. The molecule has 0 unspecified atom stereocenters. The average Bonchev–Trinajstić information content (AvgIpc) is 2.22. The van der Waals surface area contributed by atoms with Gasteiger partial charge in [-0.15, -0.1) is 0 Å². The third-order valence-electron chi connectivity index (χ3n) is 1.68. The van der Waals surface area contributed by atoms with E-state index in [0.717, 1.165) is 24.3 Å². The Morgan fingerprint density at radius 1 is 1.00 bits per heavy atom. The fourth-order valence-electron chi connectivity index (χ4n) is 0.924. The number of hydrogen-bond donors (Lipinski definition) is 0. The van der Waals surface area contributed by atoms with Gasteiger partial charge in [-0.25, -0.2) is 0 Å². The molecule has 2 nitrogen and oxygen atoms in total. The molecule has 0 saturated heterocycles. The summed E-state index contributed by atoms with van der Waals surface area (Å²) in [5, 5.41) is 2.87. The molecular weight excluding hydrogens is 264 g/mol. The van der Waals surface area contributed by atoms with Crippen molar-refractivity contribution in [1.82, 2.24) is 0 Å². The molecule has 1 aromatic rings. The van der Waals surface area contributed by atoms with Crippen molar-refractivity contribution in [2.75, 3.05) is 6.61 Å². The molecule has 0 fully saturated rings. The standard InChI is InChI=1S/C10H6F6NO/c11-9(12,13)6-18-17-5-7-1-3-8(4-2-7)10(14,15)16/h1-4H,6H2. The van der Waals surface area contributed by atoms with Gasteiger partial charge < -0.3 is 4.84 Å². The molecule has 1 aromatic carbocycles. The molecule has 0 amide bonds. The largest absolute Gasteiger partial charge is 0.425 e. The van der Waals surface area contributed by atoms with Gasteiger partial charge in [-0.2, -0.15) is 26.3 Å². The molecule has 0 aliphatic rings. The van der Waals surface area contributed by atoms with Crippen molar-refractivity contribution >= 4 is 6.21 Å². The Hall–Kier alpha value is -1.73. The molecule has 8 heteroatoms. The van der Waals surface area contributed by atoms with Crippen molar-refractivity contribution in [2.45, 2.75) is 12.4 Å². The maximum atomic E-state index is 12.2. The smallest absolute Gasteiger partial charge is 0.386 e. The topological polar surface area (TPSA) is 21.6 Å². The predicted octanol–water partition coefficient (Wildman–Crippen LogP) is 3.50. The van der Waals surface area contributed by atoms with Crippen molar-refractivity contribution in [1.29, 1.82) is 0 Å². The zero-order chi connectivity index (χ0) is 13.8. The van der Waals surface area contributed by atoms with Crippen LogP contribution in [0.5, 0.6) is 0 Å². The third-order valence-corrected chi connectivity index (χ3v) is 1.68. The lowest BCUT2D eigenvalue weighted by atomic mass is 10.1. The summed E-state index contributed by atoms with van der Waals surface area (Å²) in [6.45, 7) is -1.58. The first-order valence-electron chi connectivity index (χ1n) is 4.50. The van der Waals surface area contributed by atoms with Crippen LogP contribution in [0.2, 0.25) is 0 Å². The van der Waals surface area contributed by atoms with Crippen LogP contribution in [0.1, 0.15) is 11.1 Å². The van der Waals surface area contributed by atoms with Crippen LogP contribution in [0.4, 0.5) is 26.3 Å². The highest BCUT2D eigenvalue weighted by Gasteiger charge is 2.30. The molecule has 18 heavy (non-hydrogen) atoms. The normalized spacial score (nSPS) is 13.0. The van der Waals surface area contributed by atoms with E-state index in [4.69, 9.17) is 0 Å². The van der Waals surface area contributed by atoms with E-state index < -0.39 is 24.5 Å². The van der Waals surface area contributed by atoms with Gasteiger partial charge in [0.15, 0.2) is 0 Å². The van der Waals surface area contributed by atoms with E-state index in [1.165, 1.54) is 0 Å². The summed E-state index contributed by atoms with van der Waals surface area (Å²) in [6, 6.07) is 3.57. The highest BCUT2D eigenvalue weighted by atomic mass is 19.4. The Kier molecular flexibility index (Phi) is 4.20. The van der Waals surface area contributed by atoms with Crippen LogP contribution in [0.15, 0.2) is 29.4 Å². The van der Waals surface area contributed by atoms with Crippen LogP contribution in [0, 0.1) is 0 Å². The molecule has 0 aliphatic heterocycles. The number of hydrogen-bond acceptors (Lipinski definition) is 2. The summed E-state index contributed by atoms with van der Waals surface area (Å²) in [5.41, 5.74) is -0.797. The van der Waals surface area contributed by atoms with E-state index in [1.807, 2.05) is 6.21 Å². The Labute approximate surface area is 97.8 Å². The van der Waals surface area contributed by atoms with Gasteiger partial charge in [0, 0.05) is 5.56 Å². The zero-order valence-electron chi connectivity index (χ0n) is 8.64. The van der Waals surface area contributed by atoms with Crippen molar-refractivity contribution in [3.8, 4) is 0 Å². The van der Waals surface area contributed by atoms with Gasteiger partial charge in [0.2, 0.25) is 6.61 Å². The van der Waals surface area contributed by atoms with E-state index in [9.17, 15) is 26.3 Å². The summed E-state index contributed by atoms with van der Waals surface area (Å²) in [6.07, 6.45) is -6.96. The third kappa shape index (κ3) is 5.07. The lowest BCUT2D eigenvalue weighted by molar-refractivity contribution is -0.173. The predicted molar refractivity (Wildman–Crippen MR) is 50.0 cm³/mol. The summed E-state index contributed by atoms with van der Waals surface area (Å²) in [7, 11) is 0. The maximum absolute atomic E-state index is 12.2. The molecule has 0 bridgehead atoms. The molecule has 0 aromatic heterocycles. The van der Waals surface area contributed by atoms with E-state index in [2.05, 4.69) is 9.99 Å². The van der Waals surface area contributed by atoms with Crippen LogP contribution in [0.3, 0.4) is 0 Å². The van der Waals surface area contributed by atoms with Gasteiger partial charge in [-0.3, -0.25) is 0 Å². The quantitative estimate of drug-likeness (QED) is 0.468. The molecule has 0 spiro atoms. The van der Waals surface area contributed by atoms with Gasteiger partial charge in [0.05, 0.1) is 5.56 Å². The minimum Gasteiger partial charge on any atom is -0.386 e. The molecule has 0 saturated carbocycles.